The number of fused-ring (bicyclic) bond motifs is 1. The summed E-state index contributed by atoms with van der Waals surface area (Å²) in [5.41, 5.74) is 3.35. The average Bonchev–Trinajstić information content (AvgIpc) is 2.72. The average molecular weight is 362 g/mol. The Kier molecular flexibility index (Phi) is 6.63. The van der Waals surface area contributed by atoms with E-state index in [1.165, 1.54) is 11.1 Å². The predicted octanol–water partition coefficient (Wildman–Crippen LogP) is 3.54. The minimum atomic E-state index is 0.604. The van der Waals surface area contributed by atoms with Crippen molar-refractivity contribution in [1.29, 1.82) is 0 Å². The van der Waals surface area contributed by atoms with Gasteiger partial charge < -0.3 is 15.4 Å². The lowest BCUT2D eigenvalue weighted by Gasteiger charge is -2.13. The number of para-hydroxylation sites is 2. The Morgan fingerprint density at radius 3 is 2.67 bits per heavy atom. The Morgan fingerprint density at radius 2 is 1.81 bits per heavy atom. The number of nitrogens with zero attached hydrogens (tertiary/aromatic N) is 2. The summed E-state index contributed by atoms with van der Waals surface area (Å²) in [7, 11) is 1.71. The molecule has 0 fully saturated rings. The lowest BCUT2D eigenvalue weighted by Crippen LogP contribution is -2.38. The fourth-order valence-corrected chi connectivity index (χ4v) is 3.02. The number of methoxy groups -OCH3 is 1. The Labute approximate surface area is 160 Å². The number of aromatic nitrogens is 1. The van der Waals surface area contributed by atoms with Crippen LogP contribution in [0.1, 0.15) is 18.1 Å². The van der Waals surface area contributed by atoms with Crippen molar-refractivity contribution < 1.29 is 4.74 Å². The highest BCUT2D eigenvalue weighted by Crippen LogP contribution is 2.18. The quantitative estimate of drug-likeness (QED) is 0.499. The summed E-state index contributed by atoms with van der Waals surface area (Å²) in [4.78, 5) is 9.16. The number of pyridine rings is 1. The topological polar surface area (TPSA) is 58.5 Å². The molecule has 140 valence electrons. The molecule has 0 aliphatic heterocycles. The maximum atomic E-state index is 5.42. The molecule has 2 N–H and O–H groups in total. The number of ether oxygens (including phenoxy) is 1. The highest BCUT2D eigenvalue weighted by Gasteiger charge is 2.04. The molecule has 3 aromatic rings. The fourth-order valence-electron chi connectivity index (χ4n) is 3.02. The summed E-state index contributed by atoms with van der Waals surface area (Å²) in [6, 6.07) is 18.3. The molecule has 0 radical (unpaired) electrons. The van der Waals surface area contributed by atoms with Crippen LogP contribution in [0.4, 0.5) is 0 Å². The summed E-state index contributed by atoms with van der Waals surface area (Å²) in [5.74, 6) is 1.73. The predicted molar refractivity (Wildman–Crippen MR) is 111 cm³/mol. The number of rotatable bonds is 7. The van der Waals surface area contributed by atoms with Crippen LogP contribution in [0.25, 0.3) is 10.9 Å². The Bertz CT molecular complexity index is 902. The first-order valence-electron chi connectivity index (χ1n) is 9.28. The molecular weight excluding hydrogens is 336 g/mol. The summed E-state index contributed by atoms with van der Waals surface area (Å²) in [6.07, 6.45) is 2.71. The molecule has 0 atom stereocenters. The molecule has 0 amide bonds. The molecule has 0 bridgehead atoms. The third kappa shape index (κ3) is 4.97. The SMILES string of the molecule is CCNC(=NCc1ccnc2ccccc12)NCCc1ccccc1OC. The zero-order chi connectivity index (χ0) is 18.9. The first kappa shape index (κ1) is 18.7. The Hall–Kier alpha value is -3.08. The smallest absolute Gasteiger partial charge is 0.191 e. The van der Waals surface area contributed by atoms with Crippen molar-refractivity contribution in [2.24, 2.45) is 4.99 Å². The molecule has 3 rings (SSSR count). The molecule has 0 saturated carbocycles. The van der Waals surface area contributed by atoms with Crippen molar-refractivity contribution in [3.63, 3.8) is 0 Å². The number of hydrogen-bond acceptors (Lipinski definition) is 3. The number of nitrogens with one attached hydrogen (secondary N) is 2. The van der Waals surface area contributed by atoms with E-state index in [0.717, 1.165) is 42.1 Å². The standard InChI is InChI=1S/C22H26N4O/c1-3-23-22(25-15-12-17-8-4-7-11-21(17)27-2)26-16-18-13-14-24-20-10-6-5-9-19(18)20/h4-11,13-14H,3,12,15-16H2,1-2H3,(H2,23,25,26). The van der Waals surface area contributed by atoms with E-state index in [1.807, 2.05) is 48.7 Å². The van der Waals surface area contributed by atoms with Gasteiger partial charge in [0.25, 0.3) is 0 Å². The summed E-state index contributed by atoms with van der Waals surface area (Å²) < 4.78 is 5.42. The Morgan fingerprint density at radius 1 is 1.00 bits per heavy atom. The molecule has 0 unspecified atom stereocenters. The normalized spacial score (nSPS) is 11.4. The van der Waals surface area contributed by atoms with Crippen LogP contribution in [0.15, 0.2) is 65.8 Å². The summed E-state index contributed by atoms with van der Waals surface area (Å²) in [6.45, 7) is 4.27. The number of benzene rings is 2. The van der Waals surface area contributed by atoms with Crippen LogP contribution in [0.2, 0.25) is 0 Å². The van der Waals surface area contributed by atoms with Crippen molar-refractivity contribution in [2.45, 2.75) is 19.9 Å². The van der Waals surface area contributed by atoms with Gasteiger partial charge in [-0.3, -0.25) is 4.98 Å². The van der Waals surface area contributed by atoms with Crippen molar-refractivity contribution in [1.82, 2.24) is 15.6 Å². The lowest BCUT2D eigenvalue weighted by atomic mass is 10.1. The van der Waals surface area contributed by atoms with E-state index in [9.17, 15) is 0 Å². The third-order valence-corrected chi connectivity index (χ3v) is 4.37. The second kappa shape index (κ2) is 9.57. The van der Waals surface area contributed by atoms with Crippen molar-refractivity contribution in [2.75, 3.05) is 20.2 Å². The van der Waals surface area contributed by atoms with Crippen LogP contribution in [-0.2, 0) is 13.0 Å². The van der Waals surface area contributed by atoms with Crippen molar-refractivity contribution in [3.8, 4) is 5.75 Å². The van der Waals surface area contributed by atoms with Gasteiger partial charge in [0.2, 0.25) is 0 Å². The first-order valence-corrected chi connectivity index (χ1v) is 9.28. The van der Waals surface area contributed by atoms with Gasteiger partial charge in [0.1, 0.15) is 5.75 Å². The maximum absolute atomic E-state index is 5.42. The van der Waals surface area contributed by atoms with E-state index in [1.54, 1.807) is 7.11 Å². The molecule has 0 aliphatic rings. The van der Waals surface area contributed by atoms with Gasteiger partial charge in [-0.25, -0.2) is 4.99 Å². The number of hydrogen-bond donors (Lipinski definition) is 2. The van der Waals surface area contributed by atoms with Crippen LogP contribution >= 0.6 is 0 Å². The van der Waals surface area contributed by atoms with Gasteiger partial charge in [-0.05, 0) is 42.7 Å². The molecule has 2 aromatic carbocycles. The third-order valence-electron chi connectivity index (χ3n) is 4.37. The summed E-state index contributed by atoms with van der Waals surface area (Å²) >= 11 is 0. The molecule has 5 nitrogen and oxygen atoms in total. The minimum absolute atomic E-state index is 0.604. The van der Waals surface area contributed by atoms with E-state index in [2.05, 4.69) is 34.7 Å². The number of aliphatic imine (C=N–C) groups is 1. The molecule has 1 heterocycles. The van der Waals surface area contributed by atoms with E-state index in [4.69, 9.17) is 9.73 Å². The van der Waals surface area contributed by atoms with Gasteiger partial charge in [0, 0.05) is 24.7 Å². The molecular formula is C22H26N4O. The molecule has 27 heavy (non-hydrogen) atoms. The minimum Gasteiger partial charge on any atom is -0.496 e. The molecule has 0 saturated heterocycles. The van der Waals surface area contributed by atoms with E-state index >= 15 is 0 Å². The van der Waals surface area contributed by atoms with Gasteiger partial charge in [0.15, 0.2) is 5.96 Å². The van der Waals surface area contributed by atoms with E-state index in [-0.39, 0.29) is 0 Å². The van der Waals surface area contributed by atoms with Gasteiger partial charge in [-0.2, -0.15) is 0 Å². The van der Waals surface area contributed by atoms with E-state index in [0.29, 0.717) is 6.54 Å². The van der Waals surface area contributed by atoms with Crippen molar-refractivity contribution >= 4 is 16.9 Å². The number of guanidine groups is 1. The van der Waals surface area contributed by atoms with Crippen LogP contribution in [0.5, 0.6) is 5.75 Å². The first-order chi connectivity index (χ1) is 13.3. The second-order valence-corrected chi connectivity index (χ2v) is 6.17. The van der Waals surface area contributed by atoms with Gasteiger partial charge in [-0.1, -0.05) is 36.4 Å². The lowest BCUT2D eigenvalue weighted by molar-refractivity contribution is 0.409. The van der Waals surface area contributed by atoms with Crippen molar-refractivity contribution in [3.05, 3.63) is 71.9 Å². The second-order valence-electron chi connectivity index (χ2n) is 6.17. The van der Waals surface area contributed by atoms with Gasteiger partial charge in [0.05, 0.1) is 19.2 Å². The van der Waals surface area contributed by atoms with E-state index < -0.39 is 0 Å². The van der Waals surface area contributed by atoms with Gasteiger partial charge >= 0.3 is 0 Å². The zero-order valence-electron chi connectivity index (χ0n) is 15.9. The molecule has 1 aromatic heterocycles. The summed E-state index contributed by atoms with van der Waals surface area (Å²) in [5, 5.41) is 7.86. The fraction of sp³-hybridized carbons (Fsp3) is 0.273. The maximum Gasteiger partial charge on any atom is 0.191 e. The highest BCUT2D eigenvalue weighted by molar-refractivity contribution is 5.83. The van der Waals surface area contributed by atoms with Crippen LogP contribution in [0.3, 0.4) is 0 Å². The molecule has 0 spiro atoms. The van der Waals surface area contributed by atoms with Crippen LogP contribution in [-0.4, -0.2) is 31.1 Å². The highest BCUT2D eigenvalue weighted by atomic mass is 16.5. The monoisotopic (exact) mass is 362 g/mol. The Balaban J connectivity index is 1.66. The van der Waals surface area contributed by atoms with Crippen LogP contribution < -0.4 is 15.4 Å². The van der Waals surface area contributed by atoms with Gasteiger partial charge in [-0.15, -0.1) is 0 Å². The molecule has 0 aliphatic carbocycles. The molecule has 5 heteroatoms. The largest absolute Gasteiger partial charge is 0.496 e. The van der Waals surface area contributed by atoms with Crippen LogP contribution in [0, 0.1) is 0 Å². The zero-order valence-corrected chi connectivity index (χ0v) is 15.9.